The third-order valence-corrected chi connectivity index (χ3v) is 3.27. The Bertz CT molecular complexity index is 194. The van der Waals surface area contributed by atoms with Gasteiger partial charge in [0, 0.05) is 6.04 Å². The minimum Gasteiger partial charge on any atom is -0.351 e. The molecule has 1 saturated heterocycles. The highest BCUT2D eigenvalue weighted by Crippen LogP contribution is 2.42. The van der Waals surface area contributed by atoms with Crippen LogP contribution < -0.4 is 5.32 Å². The lowest BCUT2D eigenvalue weighted by Crippen LogP contribution is -2.67. The second-order valence-electron chi connectivity index (χ2n) is 4.36. The van der Waals surface area contributed by atoms with Crippen LogP contribution in [-0.2, 0) is 4.79 Å². The van der Waals surface area contributed by atoms with E-state index < -0.39 is 0 Å². The number of hydrogen-bond acceptors (Lipinski definition) is 1. The molecule has 62 valence electrons. The van der Waals surface area contributed by atoms with E-state index in [0.717, 1.165) is 5.92 Å². The van der Waals surface area contributed by atoms with E-state index in [4.69, 9.17) is 0 Å². The van der Waals surface area contributed by atoms with Crippen molar-refractivity contribution in [2.24, 2.45) is 11.3 Å². The first-order valence-corrected chi connectivity index (χ1v) is 4.43. The van der Waals surface area contributed by atoms with E-state index >= 15 is 0 Å². The lowest BCUT2D eigenvalue weighted by Gasteiger charge is -2.50. The maximum absolute atomic E-state index is 11.1. The Morgan fingerprint density at radius 1 is 1.45 bits per heavy atom. The molecule has 1 saturated carbocycles. The Hall–Kier alpha value is -0.530. The zero-order valence-corrected chi connectivity index (χ0v) is 7.18. The summed E-state index contributed by atoms with van der Waals surface area (Å²) in [5, 5.41) is 3.00. The molecule has 0 aromatic rings. The third kappa shape index (κ3) is 0.815. The summed E-state index contributed by atoms with van der Waals surface area (Å²) in [5.41, 5.74) is -0.0783. The Morgan fingerprint density at radius 2 is 2.09 bits per heavy atom. The Kier molecular flexibility index (Phi) is 1.29. The lowest BCUT2D eigenvalue weighted by atomic mass is 9.64. The predicted molar refractivity (Wildman–Crippen MR) is 43.1 cm³/mol. The summed E-state index contributed by atoms with van der Waals surface area (Å²) in [6.45, 7) is 4.10. The summed E-state index contributed by atoms with van der Waals surface area (Å²) in [5.74, 6) is 1.01. The van der Waals surface area contributed by atoms with Gasteiger partial charge in [-0.3, -0.25) is 4.79 Å². The van der Waals surface area contributed by atoms with Crippen LogP contribution in [0.1, 0.15) is 33.1 Å². The first-order valence-electron chi connectivity index (χ1n) is 4.43. The van der Waals surface area contributed by atoms with Crippen molar-refractivity contribution in [1.29, 1.82) is 0 Å². The van der Waals surface area contributed by atoms with Gasteiger partial charge in [-0.05, 0) is 32.6 Å². The zero-order valence-electron chi connectivity index (χ0n) is 7.18. The van der Waals surface area contributed by atoms with Crippen LogP contribution in [0.15, 0.2) is 0 Å². The normalized spacial score (nSPS) is 35.5. The molecule has 0 bridgehead atoms. The number of hydrogen-bond donors (Lipinski definition) is 1. The molecule has 2 nitrogen and oxygen atoms in total. The highest BCUT2D eigenvalue weighted by molar-refractivity contribution is 5.89. The SMILES string of the molecule is CC1(C)C(=O)NC1C1CCC1. The van der Waals surface area contributed by atoms with E-state index in [1.54, 1.807) is 0 Å². The molecule has 2 aliphatic rings. The van der Waals surface area contributed by atoms with Crippen molar-refractivity contribution in [1.82, 2.24) is 5.32 Å². The molecule has 1 aliphatic carbocycles. The van der Waals surface area contributed by atoms with Crippen molar-refractivity contribution < 1.29 is 4.79 Å². The molecule has 1 unspecified atom stereocenters. The molecule has 11 heavy (non-hydrogen) atoms. The van der Waals surface area contributed by atoms with Crippen LogP contribution in [0.25, 0.3) is 0 Å². The molecule has 2 rings (SSSR count). The van der Waals surface area contributed by atoms with Gasteiger partial charge in [0.15, 0.2) is 0 Å². The van der Waals surface area contributed by atoms with Gasteiger partial charge in [0.1, 0.15) is 0 Å². The summed E-state index contributed by atoms with van der Waals surface area (Å²) in [4.78, 5) is 11.1. The van der Waals surface area contributed by atoms with Crippen LogP contribution >= 0.6 is 0 Å². The van der Waals surface area contributed by atoms with Crippen molar-refractivity contribution in [3.63, 3.8) is 0 Å². The Labute approximate surface area is 67.4 Å². The first-order chi connectivity index (χ1) is 5.12. The average molecular weight is 153 g/mol. The van der Waals surface area contributed by atoms with Gasteiger partial charge >= 0.3 is 0 Å². The van der Waals surface area contributed by atoms with E-state index in [0.29, 0.717) is 6.04 Å². The minimum atomic E-state index is -0.0783. The number of carbonyl (C=O) groups is 1. The van der Waals surface area contributed by atoms with Crippen molar-refractivity contribution in [3.8, 4) is 0 Å². The molecule has 0 aromatic heterocycles. The van der Waals surface area contributed by atoms with Crippen LogP contribution in [-0.4, -0.2) is 11.9 Å². The maximum atomic E-state index is 11.1. The molecule has 1 N–H and O–H groups in total. The van der Waals surface area contributed by atoms with E-state index in [2.05, 4.69) is 19.2 Å². The summed E-state index contributed by atoms with van der Waals surface area (Å²) in [7, 11) is 0. The summed E-state index contributed by atoms with van der Waals surface area (Å²) in [6.07, 6.45) is 3.98. The number of β-lactam (4-membered cyclic amide) rings is 1. The van der Waals surface area contributed by atoms with E-state index in [-0.39, 0.29) is 11.3 Å². The molecule has 0 spiro atoms. The van der Waals surface area contributed by atoms with E-state index in [9.17, 15) is 4.79 Å². The van der Waals surface area contributed by atoms with Crippen LogP contribution in [0, 0.1) is 11.3 Å². The standard InChI is InChI=1S/C9H15NO/c1-9(2)7(10-8(9)11)6-4-3-5-6/h6-7H,3-5H2,1-2H3,(H,10,11). The van der Waals surface area contributed by atoms with Crippen molar-refractivity contribution in [2.75, 3.05) is 0 Å². The maximum Gasteiger partial charge on any atom is 0.228 e. The monoisotopic (exact) mass is 153 g/mol. The highest BCUT2D eigenvalue weighted by Gasteiger charge is 2.51. The molecule has 1 atom stereocenters. The van der Waals surface area contributed by atoms with Gasteiger partial charge in [-0.15, -0.1) is 0 Å². The van der Waals surface area contributed by atoms with Crippen molar-refractivity contribution >= 4 is 5.91 Å². The molecule has 1 heterocycles. The summed E-state index contributed by atoms with van der Waals surface area (Å²) < 4.78 is 0. The van der Waals surface area contributed by atoms with Gasteiger partial charge in [0.25, 0.3) is 0 Å². The molecule has 1 amide bonds. The second kappa shape index (κ2) is 1.99. The van der Waals surface area contributed by atoms with Crippen LogP contribution in [0.5, 0.6) is 0 Å². The predicted octanol–water partition coefficient (Wildman–Crippen LogP) is 1.31. The Morgan fingerprint density at radius 3 is 2.36 bits per heavy atom. The van der Waals surface area contributed by atoms with Crippen LogP contribution in [0.3, 0.4) is 0 Å². The molecular formula is C9H15NO. The van der Waals surface area contributed by atoms with Crippen molar-refractivity contribution in [3.05, 3.63) is 0 Å². The molecule has 2 heteroatoms. The fourth-order valence-corrected chi connectivity index (χ4v) is 2.05. The molecule has 1 aliphatic heterocycles. The van der Waals surface area contributed by atoms with Gasteiger partial charge in [-0.1, -0.05) is 6.42 Å². The molecular weight excluding hydrogens is 138 g/mol. The van der Waals surface area contributed by atoms with Gasteiger partial charge in [-0.25, -0.2) is 0 Å². The van der Waals surface area contributed by atoms with Gasteiger partial charge in [-0.2, -0.15) is 0 Å². The fraction of sp³-hybridized carbons (Fsp3) is 0.889. The average Bonchev–Trinajstić information content (AvgIpc) is 1.84. The topological polar surface area (TPSA) is 29.1 Å². The third-order valence-electron chi connectivity index (χ3n) is 3.27. The number of nitrogens with one attached hydrogen (secondary N) is 1. The molecule has 0 aromatic carbocycles. The molecule has 2 fully saturated rings. The summed E-state index contributed by atoms with van der Waals surface area (Å²) in [6, 6.07) is 0.476. The van der Waals surface area contributed by atoms with Gasteiger partial charge in [0.2, 0.25) is 5.91 Å². The van der Waals surface area contributed by atoms with Crippen molar-refractivity contribution in [2.45, 2.75) is 39.2 Å². The largest absolute Gasteiger partial charge is 0.351 e. The smallest absolute Gasteiger partial charge is 0.228 e. The zero-order chi connectivity index (χ0) is 8.06. The van der Waals surface area contributed by atoms with E-state index in [1.807, 2.05) is 0 Å². The summed E-state index contributed by atoms with van der Waals surface area (Å²) >= 11 is 0. The fourth-order valence-electron chi connectivity index (χ4n) is 2.05. The van der Waals surface area contributed by atoms with E-state index in [1.165, 1.54) is 19.3 Å². The van der Waals surface area contributed by atoms with Crippen LogP contribution in [0.2, 0.25) is 0 Å². The van der Waals surface area contributed by atoms with Gasteiger partial charge in [0.05, 0.1) is 5.41 Å². The number of amides is 1. The minimum absolute atomic E-state index is 0.0783. The lowest BCUT2D eigenvalue weighted by molar-refractivity contribution is -0.147. The Balaban J connectivity index is 2.02. The number of rotatable bonds is 1. The number of carbonyl (C=O) groups excluding carboxylic acids is 1. The second-order valence-corrected chi connectivity index (χ2v) is 4.36. The van der Waals surface area contributed by atoms with Gasteiger partial charge < -0.3 is 5.32 Å². The first kappa shape index (κ1) is 7.14. The highest BCUT2D eigenvalue weighted by atomic mass is 16.2. The quantitative estimate of drug-likeness (QED) is 0.565. The van der Waals surface area contributed by atoms with Crippen LogP contribution in [0.4, 0.5) is 0 Å². The molecule has 0 radical (unpaired) electrons.